The number of para-hydroxylation sites is 1. The number of hydrogen-bond donors (Lipinski definition) is 1. The fraction of sp³-hybridized carbons (Fsp3) is 0.417. The molecule has 0 radical (unpaired) electrons. The van der Waals surface area contributed by atoms with Crippen LogP contribution in [-0.4, -0.2) is 36.9 Å². The minimum atomic E-state index is -0.0590. The maximum absolute atomic E-state index is 12.6. The van der Waals surface area contributed by atoms with E-state index in [1.807, 2.05) is 42.5 Å². The Hall–Kier alpha value is -2.82. The van der Waals surface area contributed by atoms with Crippen LogP contribution in [0.2, 0.25) is 0 Å². The van der Waals surface area contributed by atoms with Gasteiger partial charge in [0.05, 0.1) is 7.11 Å². The molecule has 0 heterocycles. The van der Waals surface area contributed by atoms with Crippen molar-refractivity contribution >= 4 is 17.5 Å². The van der Waals surface area contributed by atoms with Gasteiger partial charge in [-0.1, -0.05) is 44.2 Å². The summed E-state index contributed by atoms with van der Waals surface area (Å²) in [5.74, 6) is 0.735. The maximum Gasteiger partial charge on any atom is 0.226 e. The number of carbonyl (C=O) groups is 2. The molecule has 2 aromatic rings. The molecule has 5 heteroatoms. The van der Waals surface area contributed by atoms with Crippen LogP contribution in [0, 0.1) is 0 Å². The highest BCUT2D eigenvalue weighted by Gasteiger charge is 2.14. The average Bonchev–Trinajstić information content (AvgIpc) is 2.73. The van der Waals surface area contributed by atoms with Crippen LogP contribution in [0.4, 0.5) is 5.69 Å². The van der Waals surface area contributed by atoms with E-state index in [1.165, 1.54) is 0 Å². The van der Waals surface area contributed by atoms with Crippen molar-refractivity contribution < 1.29 is 14.3 Å². The summed E-state index contributed by atoms with van der Waals surface area (Å²) < 4.78 is 5.17. The number of aryl methyl sites for hydroxylation is 2. The fourth-order valence-corrected chi connectivity index (χ4v) is 3.32. The Bertz CT molecular complexity index is 793. The third kappa shape index (κ3) is 6.63. The molecule has 0 atom stereocenters. The highest BCUT2D eigenvalue weighted by molar-refractivity contribution is 5.92. The van der Waals surface area contributed by atoms with Crippen LogP contribution < -0.4 is 10.1 Å². The second-order valence-electron chi connectivity index (χ2n) is 7.06. The molecule has 2 aromatic carbocycles. The van der Waals surface area contributed by atoms with E-state index in [-0.39, 0.29) is 18.2 Å². The van der Waals surface area contributed by atoms with Gasteiger partial charge in [0.15, 0.2) is 0 Å². The van der Waals surface area contributed by atoms with E-state index in [0.29, 0.717) is 13.1 Å². The molecule has 0 aliphatic rings. The lowest BCUT2D eigenvalue weighted by Gasteiger charge is -2.21. The zero-order chi connectivity index (χ0) is 21.2. The molecule has 0 fully saturated rings. The van der Waals surface area contributed by atoms with Gasteiger partial charge in [-0.3, -0.25) is 9.59 Å². The van der Waals surface area contributed by atoms with Gasteiger partial charge in [0.25, 0.3) is 0 Å². The largest absolute Gasteiger partial charge is 0.497 e. The van der Waals surface area contributed by atoms with Crippen molar-refractivity contribution in [2.45, 2.75) is 46.5 Å². The molecule has 29 heavy (non-hydrogen) atoms. The molecular weight excluding hydrogens is 364 g/mol. The number of ether oxygens (including phenoxy) is 1. The van der Waals surface area contributed by atoms with Crippen molar-refractivity contribution in [1.82, 2.24) is 4.90 Å². The van der Waals surface area contributed by atoms with Gasteiger partial charge < -0.3 is 15.0 Å². The third-order valence-corrected chi connectivity index (χ3v) is 5.15. The SMILES string of the molecule is CCc1cccc(CC)c1NC(=O)CCN(CCc1ccc(OC)cc1)C(C)=O. The first-order valence-corrected chi connectivity index (χ1v) is 10.3. The number of benzene rings is 2. The number of carbonyl (C=O) groups excluding carboxylic acids is 2. The van der Waals surface area contributed by atoms with Gasteiger partial charge in [0.1, 0.15) is 5.75 Å². The quantitative estimate of drug-likeness (QED) is 0.653. The Kier molecular flexibility index (Phi) is 8.71. The van der Waals surface area contributed by atoms with Crippen LogP contribution in [-0.2, 0) is 28.9 Å². The van der Waals surface area contributed by atoms with Gasteiger partial charge in [0, 0.05) is 32.1 Å². The van der Waals surface area contributed by atoms with E-state index < -0.39 is 0 Å². The second kappa shape index (κ2) is 11.2. The average molecular weight is 397 g/mol. The van der Waals surface area contributed by atoms with Gasteiger partial charge in [-0.25, -0.2) is 0 Å². The molecule has 0 saturated carbocycles. The van der Waals surface area contributed by atoms with E-state index in [9.17, 15) is 9.59 Å². The summed E-state index contributed by atoms with van der Waals surface area (Å²) in [6.45, 7) is 6.71. The van der Waals surface area contributed by atoms with E-state index >= 15 is 0 Å². The van der Waals surface area contributed by atoms with Crippen LogP contribution in [0.3, 0.4) is 0 Å². The molecule has 0 spiro atoms. The molecule has 5 nitrogen and oxygen atoms in total. The topological polar surface area (TPSA) is 58.6 Å². The Morgan fingerprint density at radius 2 is 1.59 bits per heavy atom. The Morgan fingerprint density at radius 3 is 2.10 bits per heavy atom. The molecule has 2 rings (SSSR count). The Balaban J connectivity index is 1.93. The van der Waals surface area contributed by atoms with Crippen molar-refractivity contribution in [1.29, 1.82) is 0 Å². The molecule has 2 amide bonds. The summed E-state index contributed by atoms with van der Waals surface area (Å²) in [5, 5.41) is 3.07. The van der Waals surface area contributed by atoms with Crippen LogP contribution >= 0.6 is 0 Å². The fourth-order valence-electron chi connectivity index (χ4n) is 3.32. The van der Waals surface area contributed by atoms with Crippen molar-refractivity contribution in [3.8, 4) is 5.75 Å². The molecular formula is C24H32N2O3. The van der Waals surface area contributed by atoms with Crippen molar-refractivity contribution in [2.24, 2.45) is 0 Å². The zero-order valence-electron chi connectivity index (χ0n) is 18.0. The number of hydrogen-bond acceptors (Lipinski definition) is 3. The van der Waals surface area contributed by atoms with Crippen molar-refractivity contribution in [2.75, 3.05) is 25.5 Å². The van der Waals surface area contributed by atoms with E-state index in [1.54, 1.807) is 18.9 Å². The molecule has 0 aliphatic heterocycles. The number of rotatable bonds is 10. The zero-order valence-corrected chi connectivity index (χ0v) is 18.0. The smallest absolute Gasteiger partial charge is 0.226 e. The van der Waals surface area contributed by atoms with Gasteiger partial charge in [-0.05, 0) is 48.1 Å². The van der Waals surface area contributed by atoms with Crippen LogP contribution in [0.5, 0.6) is 5.75 Å². The van der Waals surface area contributed by atoms with E-state index in [2.05, 4.69) is 19.2 Å². The normalized spacial score (nSPS) is 10.5. The first-order chi connectivity index (χ1) is 14.0. The predicted octanol–water partition coefficient (Wildman–Crippen LogP) is 4.24. The summed E-state index contributed by atoms with van der Waals surface area (Å²) in [4.78, 5) is 26.3. The van der Waals surface area contributed by atoms with Gasteiger partial charge >= 0.3 is 0 Å². The monoisotopic (exact) mass is 396 g/mol. The standard InChI is InChI=1S/C24H32N2O3/c1-5-20-8-7-9-21(6-2)24(20)25-23(28)15-17-26(18(3)27)16-14-19-10-12-22(29-4)13-11-19/h7-13H,5-6,14-17H2,1-4H3,(H,25,28). The lowest BCUT2D eigenvalue weighted by atomic mass is 10.0. The lowest BCUT2D eigenvalue weighted by Crippen LogP contribution is -2.33. The van der Waals surface area contributed by atoms with Crippen molar-refractivity contribution in [3.63, 3.8) is 0 Å². The highest BCUT2D eigenvalue weighted by Crippen LogP contribution is 2.22. The lowest BCUT2D eigenvalue weighted by molar-refractivity contribution is -0.129. The molecule has 0 aliphatic carbocycles. The molecule has 1 N–H and O–H groups in total. The van der Waals surface area contributed by atoms with Gasteiger partial charge in [-0.2, -0.15) is 0 Å². The van der Waals surface area contributed by atoms with Crippen LogP contribution in [0.1, 0.15) is 43.9 Å². The number of amides is 2. The summed E-state index contributed by atoms with van der Waals surface area (Å²) in [5.41, 5.74) is 4.34. The summed E-state index contributed by atoms with van der Waals surface area (Å²) in [7, 11) is 1.64. The Labute approximate surface area is 174 Å². The summed E-state index contributed by atoms with van der Waals surface area (Å²) in [6, 6.07) is 13.9. The summed E-state index contributed by atoms with van der Waals surface area (Å²) in [6.07, 6.45) is 2.75. The van der Waals surface area contributed by atoms with Crippen molar-refractivity contribution in [3.05, 3.63) is 59.2 Å². The first kappa shape index (κ1) is 22.5. The number of methoxy groups -OCH3 is 1. The van der Waals surface area contributed by atoms with Crippen LogP contribution in [0.15, 0.2) is 42.5 Å². The first-order valence-electron chi connectivity index (χ1n) is 10.3. The molecule has 156 valence electrons. The minimum absolute atomic E-state index is 0.0190. The maximum atomic E-state index is 12.6. The van der Waals surface area contributed by atoms with Crippen LogP contribution in [0.25, 0.3) is 0 Å². The van der Waals surface area contributed by atoms with E-state index in [0.717, 1.165) is 47.4 Å². The number of nitrogens with one attached hydrogen (secondary N) is 1. The number of anilines is 1. The minimum Gasteiger partial charge on any atom is -0.497 e. The molecule has 0 saturated heterocycles. The third-order valence-electron chi connectivity index (χ3n) is 5.15. The van der Waals surface area contributed by atoms with Gasteiger partial charge in [0.2, 0.25) is 11.8 Å². The highest BCUT2D eigenvalue weighted by atomic mass is 16.5. The van der Waals surface area contributed by atoms with E-state index in [4.69, 9.17) is 4.74 Å². The Morgan fingerprint density at radius 1 is 0.966 bits per heavy atom. The molecule has 0 bridgehead atoms. The number of nitrogens with zero attached hydrogens (tertiary/aromatic N) is 1. The summed E-state index contributed by atoms with van der Waals surface area (Å²) >= 11 is 0. The van der Waals surface area contributed by atoms with Gasteiger partial charge in [-0.15, -0.1) is 0 Å². The second-order valence-corrected chi connectivity index (χ2v) is 7.06. The molecule has 0 aromatic heterocycles. The molecule has 0 unspecified atom stereocenters. The predicted molar refractivity (Wildman–Crippen MR) is 117 cm³/mol.